The number of halogens is 2. The predicted molar refractivity (Wildman–Crippen MR) is 87.2 cm³/mol. The Kier molecular flexibility index (Phi) is 5.78. The van der Waals surface area contributed by atoms with Crippen LogP contribution in [0.15, 0.2) is 54.6 Å². The first-order valence-electron chi connectivity index (χ1n) is 7.09. The standard InChI is InChI=1S/C18H15F2NO3/c1-12(22)21-15-4-2-3-14(11-15)17(23)10-7-13-5-8-16(9-6-13)24-18(19)20/h2-11,18H,1H3,(H,21,22). The van der Waals surface area contributed by atoms with E-state index in [-0.39, 0.29) is 17.4 Å². The summed E-state index contributed by atoms with van der Waals surface area (Å²) in [7, 11) is 0. The summed E-state index contributed by atoms with van der Waals surface area (Å²) >= 11 is 0. The van der Waals surface area contributed by atoms with Crippen LogP contribution in [0.2, 0.25) is 0 Å². The Labute approximate surface area is 137 Å². The number of ketones is 1. The fourth-order valence-electron chi connectivity index (χ4n) is 1.98. The van der Waals surface area contributed by atoms with E-state index in [4.69, 9.17) is 0 Å². The van der Waals surface area contributed by atoms with Gasteiger partial charge in [-0.2, -0.15) is 8.78 Å². The molecule has 0 radical (unpaired) electrons. The van der Waals surface area contributed by atoms with Gasteiger partial charge in [-0.3, -0.25) is 9.59 Å². The normalized spacial score (nSPS) is 10.8. The van der Waals surface area contributed by atoms with Crippen molar-refractivity contribution < 1.29 is 23.1 Å². The van der Waals surface area contributed by atoms with Crippen molar-refractivity contribution in [3.8, 4) is 5.75 Å². The van der Waals surface area contributed by atoms with Crippen molar-refractivity contribution in [2.75, 3.05) is 5.32 Å². The molecule has 0 unspecified atom stereocenters. The van der Waals surface area contributed by atoms with Crippen molar-refractivity contribution in [1.29, 1.82) is 0 Å². The molecule has 0 heterocycles. The van der Waals surface area contributed by atoms with E-state index in [9.17, 15) is 18.4 Å². The summed E-state index contributed by atoms with van der Waals surface area (Å²) in [5, 5.41) is 2.61. The number of rotatable bonds is 6. The SMILES string of the molecule is CC(=O)Nc1cccc(C(=O)C=Cc2ccc(OC(F)F)cc2)c1. The lowest BCUT2D eigenvalue weighted by molar-refractivity contribution is -0.114. The molecular weight excluding hydrogens is 316 g/mol. The first-order valence-corrected chi connectivity index (χ1v) is 7.09. The van der Waals surface area contributed by atoms with Gasteiger partial charge in [0.1, 0.15) is 5.75 Å². The van der Waals surface area contributed by atoms with Gasteiger partial charge >= 0.3 is 6.61 Å². The van der Waals surface area contributed by atoms with Crippen LogP contribution in [0.5, 0.6) is 5.75 Å². The van der Waals surface area contributed by atoms with E-state index in [1.807, 2.05) is 0 Å². The van der Waals surface area contributed by atoms with E-state index >= 15 is 0 Å². The summed E-state index contributed by atoms with van der Waals surface area (Å²) in [5.74, 6) is -0.409. The molecule has 0 aliphatic carbocycles. The highest BCUT2D eigenvalue weighted by Gasteiger charge is 2.05. The van der Waals surface area contributed by atoms with Crippen LogP contribution < -0.4 is 10.1 Å². The maximum absolute atomic E-state index is 12.1. The van der Waals surface area contributed by atoms with Crippen molar-refractivity contribution in [2.45, 2.75) is 13.5 Å². The summed E-state index contributed by atoms with van der Waals surface area (Å²) in [5.41, 5.74) is 1.63. The molecule has 2 aromatic rings. The summed E-state index contributed by atoms with van der Waals surface area (Å²) in [6, 6.07) is 12.5. The van der Waals surface area contributed by atoms with Crippen LogP contribution in [-0.4, -0.2) is 18.3 Å². The van der Waals surface area contributed by atoms with Crippen molar-refractivity contribution in [2.24, 2.45) is 0 Å². The Morgan fingerprint density at radius 2 is 1.83 bits per heavy atom. The highest BCUT2D eigenvalue weighted by molar-refractivity contribution is 6.07. The molecule has 4 nitrogen and oxygen atoms in total. The molecule has 0 bridgehead atoms. The number of benzene rings is 2. The van der Waals surface area contributed by atoms with Crippen LogP contribution in [0.3, 0.4) is 0 Å². The number of nitrogens with one attached hydrogen (secondary N) is 1. The number of hydrogen-bond acceptors (Lipinski definition) is 3. The minimum atomic E-state index is -2.87. The number of carbonyl (C=O) groups excluding carboxylic acids is 2. The van der Waals surface area contributed by atoms with Gasteiger partial charge in [0.25, 0.3) is 0 Å². The highest BCUT2D eigenvalue weighted by atomic mass is 19.3. The second-order valence-corrected chi connectivity index (χ2v) is 4.91. The lowest BCUT2D eigenvalue weighted by Crippen LogP contribution is -2.06. The van der Waals surface area contributed by atoms with E-state index in [0.717, 1.165) is 0 Å². The molecular formula is C18H15F2NO3. The Bertz CT molecular complexity index is 755. The van der Waals surface area contributed by atoms with Crippen LogP contribution in [0.25, 0.3) is 6.08 Å². The Morgan fingerprint density at radius 1 is 1.12 bits per heavy atom. The van der Waals surface area contributed by atoms with E-state index < -0.39 is 6.61 Å². The molecule has 1 amide bonds. The number of anilines is 1. The molecule has 2 rings (SSSR count). The highest BCUT2D eigenvalue weighted by Crippen LogP contribution is 2.16. The second kappa shape index (κ2) is 8.01. The first kappa shape index (κ1) is 17.3. The fourth-order valence-corrected chi connectivity index (χ4v) is 1.98. The minimum Gasteiger partial charge on any atom is -0.435 e. The fraction of sp³-hybridized carbons (Fsp3) is 0.111. The number of ether oxygens (including phenoxy) is 1. The van der Waals surface area contributed by atoms with Crippen LogP contribution in [0.1, 0.15) is 22.8 Å². The molecule has 0 saturated heterocycles. The average molecular weight is 331 g/mol. The van der Waals surface area contributed by atoms with E-state index in [1.54, 1.807) is 42.5 Å². The van der Waals surface area contributed by atoms with Gasteiger partial charge in [0, 0.05) is 18.2 Å². The molecule has 2 aromatic carbocycles. The van der Waals surface area contributed by atoms with Crippen molar-refractivity contribution in [3.63, 3.8) is 0 Å². The van der Waals surface area contributed by atoms with Crippen LogP contribution in [0.4, 0.5) is 14.5 Å². The molecule has 0 saturated carbocycles. The number of carbonyl (C=O) groups is 2. The third-order valence-corrected chi connectivity index (χ3v) is 3.00. The third kappa shape index (κ3) is 5.31. The average Bonchev–Trinajstić information content (AvgIpc) is 2.53. The van der Waals surface area contributed by atoms with E-state index in [2.05, 4.69) is 10.1 Å². The van der Waals surface area contributed by atoms with Crippen LogP contribution >= 0.6 is 0 Å². The summed E-state index contributed by atoms with van der Waals surface area (Å²) in [6.45, 7) is -1.49. The van der Waals surface area contributed by atoms with E-state index in [1.165, 1.54) is 25.1 Å². The van der Waals surface area contributed by atoms with Gasteiger partial charge in [-0.25, -0.2) is 0 Å². The number of hydrogen-bond donors (Lipinski definition) is 1. The molecule has 6 heteroatoms. The van der Waals surface area contributed by atoms with Gasteiger partial charge in [-0.05, 0) is 35.9 Å². The van der Waals surface area contributed by atoms with Gasteiger partial charge in [0.15, 0.2) is 5.78 Å². The predicted octanol–water partition coefficient (Wildman–Crippen LogP) is 4.14. The zero-order valence-corrected chi connectivity index (χ0v) is 12.8. The van der Waals surface area contributed by atoms with Gasteiger partial charge in [-0.15, -0.1) is 0 Å². The van der Waals surface area contributed by atoms with E-state index in [0.29, 0.717) is 16.8 Å². The maximum Gasteiger partial charge on any atom is 0.387 e. The van der Waals surface area contributed by atoms with Crippen LogP contribution in [-0.2, 0) is 4.79 Å². The Hall–Kier alpha value is -3.02. The number of alkyl halides is 2. The zero-order valence-electron chi connectivity index (χ0n) is 12.8. The summed E-state index contributed by atoms with van der Waals surface area (Å²) in [4.78, 5) is 23.2. The van der Waals surface area contributed by atoms with Crippen molar-refractivity contribution in [3.05, 3.63) is 65.7 Å². The Balaban J connectivity index is 2.06. The largest absolute Gasteiger partial charge is 0.435 e. The molecule has 24 heavy (non-hydrogen) atoms. The first-order chi connectivity index (χ1) is 11.4. The van der Waals surface area contributed by atoms with Gasteiger partial charge in [0.2, 0.25) is 5.91 Å². The monoisotopic (exact) mass is 331 g/mol. The molecule has 124 valence electrons. The molecule has 0 aliphatic rings. The lowest BCUT2D eigenvalue weighted by Gasteiger charge is -2.04. The van der Waals surface area contributed by atoms with Crippen molar-refractivity contribution in [1.82, 2.24) is 0 Å². The van der Waals surface area contributed by atoms with Gasteiger partial charge in [-0.1, -0.05) is 30.3 Å². The number of allylic oxidation sites excluding steroid dienone is 1. The van der Waals surface area contributed by atoms with Crippen molar-refractivity contribution >= 4 is 23.5 Å². The quantitative estimate of drug-likeness (QED) is 0.639. The Morgan fingerprint density at radius 3 is 2.46 bits per heavy atom. The molecule has 0 spiro atoms. The lowest BCUT2D eigenvalue weighted by atomic mass is 10.1. The summed E-state index contributed by atoms with van der Waals surface area (Å²) < 4.78 is 28.4. The molecule has 0 aromatic heterocycles. The molecule has 0 fully saturated rings. The second-order valence-electron chi connectivity index (χ2n) is 4.91. The minimum absolute atomic E-state index is 0.0523. The molecule has 0 aliphatic heterocycles. The smallest absolute Gasteiger partial charge is 0.387 e. The van der Waals surface area contributed by atoms with Gasteiger partial charge in [0.05, 0.1) is 0 Å². The molecule has 1 N–H and O–H groups in total. The maximum atomic E-state index is 12.1. The van der Waals surface area contributed by atoms with Gasteiger partial charge < -0.3 is 10.1 Å². The van der Waals surface area contributed by atoms with Crippen LogP contribution in [0, 0.1) is 0 Å². The zero-order chi connectivity index (χ0) is 17.5. The summed E-state index contributed by atoms with van der Waals surface area (Å²) in [6.07, 6.45) is 2.94. The topological polar surface area (TPSA) is 55.4 Å². The third-order valence-electron chi connectivity index (χ3n) is 3.00. The number of amides is 1. The molecule has 0 atom stereocenters.